The Labute approximate surface area is 219 Å². The van der Waals surface area contributed by atoms with Crippen LogP contribution in [-0.4, -0.2) is 52.4 Å². The number of hydrogen-bond acceptors (Lipinski definition) is 6. The molecule has 2 fully saturated rings. The van der Waals surface area contributed by atoms with Crippen molar-refractivity contribution in [1.29, 1.82) is 0 Å². The monoisotopic (exact) mass is 537 g/mol. The van der Waals surface area contributed by atoms with Crippen LogP contribution in [0.4, 0.5) is 13.2 Å². The Hall–Kier alpha value is -2.30. The number of aliphatic hydroxyl groups is 1. The van der Waals surface area contributed by atoms with E-state index in [4.69, 9.17) is 0 Å². The lowest BCUT2D eigenvalue weighted by Gasteiger charge is -2.38. The molecule has 2 aromatic rings. The quantitative estimate of drug-likeness (QED) is 0.488. The van der Waals surface area contributed by atoms with E-state index in [1.165, 1.54) is 17.0 Å². The van der Waals surface area contributed by atoms with Crippen LogP contribution in [-0.2, 0) is 16.6 Å². The molecule has 1 amide bonds. The molecule has 1 saturated carbocycles. The zero-order valence-electron chi connectivity index (χ0n) is 21.2. The third-order valence-corrected chi connectivity index (χ3v) is 9.01. The lowest BCUT2D eigenvalue weighted by molar-refractivity contribution is -0.137. The molecule has 1 aromatic carbocycles. The molecule has 1 atom stereocenters. The van der Waals surface area contributed by atoms with E-state index < -0.39 is 23.2 Å². The van der Waals surface area contributed by atoms with Gasteiger partial charge in [-0.3, -0.25) is 9.59 Å². The van der Waals surface area contributed by atoms with Crippen LogP contribution >= 0.6 is 11.3 Å². The average Bonchev–Trinajstić information content (AvgIpc) is 3.53. The number of aromatic nitrogens is 1. The van der Waals surface area contributed by atoms with Crippen molar-refractivity contribution in [2.75, 3.05) is 19.6 Å². The number of benzene rings is 1. The number of Topliss-reactive ketones (excluding diaryl/α,β-unsaturated/α-hetero) is 1. The lowest BCUT2D eigenvalue weighted by Crippen LogP contribution is -2.41. The van der Waals surface area contributed by atoms with Gasteiger partial charge in [0.15, 0.2) is 5.78 Å². The van der Waals surface area contributed by atoms with Crippen LogP contribution < -0.4 is 5.32 Å². The predicted octanol–water partition coefficient (Wildman–Crippen LogP) is 5.13. The normalized spacial score (nSPS) is 24.9. The summed E-state index contributed by atoms with van der Waals surface area (Å²) < 4.78 is 38.6. The molecule has 0 spiro atoms. The summed E-state index contributed by atoms with van der Waals surface area (Å²) in [7, 11) is 0. The van der Waals surface area contributed by atoms with Gasteiger partial charge in [-0.15, -0.1) is 11.3 Å². The first-order valence-electron chi connectivity index (χ1n) is 12.8. The van der Waals surface area contributed by atoms with Crippen LogP contribution in [0.1, 0.15) is 84.1 Å². The van der Waals surface area contributed by atoms with E-state index in [1.807, 2.05) is 6.20 Å². The maximum Gasteiger partial charge on any atom is 0.416 e. The van der Waals surface area contributed by atoms with Crippen molar-refractivity contribution in [2.45, 2.75) is 76.1 Å². The average molecular weight is 538 g/mol. The number of likely N-dealkylation sites (tertiary alicyclic amines) is 1. The van der Waals surface area contributed by atoms with Gasteiger partial charge >= 0.3 is 6.18 Å². The number of thiazole rings is 1. The molecule has 1 aromatic heterocycles. The van der Waals surface area contributed by atoms with Gasteiger partial charge in [-0.25, -0.2) is 4.98 Å². The summed E-state index contributed by atoms with van der Waals surface area (Å²) in [5.41, 5.74) is -1.88. The molecule has 202 valence electrons. The van der Waals surface area contributed by atoms with Crippen LogP contribution in [0.3, 0.4) is 0 Å². The maximum atomic E-state index is 12.9. The Morgan fingerprint density at radius 3 is 2.62 bits per heavy atom. The van der Waals surface area contributed by atoms with Crippen LogP contribution in [0.5, 0.6) is 0 Å². The van der Waals surface area contributed by atoms with Crippen molar-refractivity contribution in [1.82, 2.24) is 15.2 Å². The fourth-order valence-corrected chi connectivity index (χ4v) is 6.36. The van der Waals surface area contributed by atoms with E-state index in [9.17, 15) is 27.9 Å². The SMILES string of the molecule is CC(C)c1cnc(C2(O)CCC(N3CC[C@@H](CC(=O)CNC(=O)c4cccc(C(F)(F)F)c4)C3)CC2)s1. The number of carbonyl (C=O) groups is 2. The minimum atomic E-state index is -4.53. The van der Waals surface area contributed by atoms with Gasteiger partial charge in [-0.2, -0.15) is 13.2 Å². The van der Waals surface area contributed by atoms with E-state index in [2.05, 4.69) is 29.0 Å². The second-order valence-electron chi connectivity index (χ2n) is 10.6. The number of ketones is 1. The highest BCUT2D eigenvalue weighted by atomic mass is 32.1. The lowest BCUT2D eigenvalue weighted by atomic mass is 9.82. The summed E-state index contributed by atoms with van der Waals surface area (Å²) in [6.07, 6.45) is 1.65. The van der Waals surface area contributed by atoms with Crippen LogP contribution in [0.2, 0.25) is 0 Å². The first-order chi connectivity index (χ1) is 17.4. The Kier molecular flexibility index (Phi) is 8.40. The second kappa shape index (κ2) is 11.2. The van der Waals surface area contributed by atoms with Crippen molar-refractivity contribution >= 4 is 23.0 Å². The van der Waals surface area contributed by atoms with Crippen LogP contribution in [0, 0.1) is 5.92 Å². The maximum absolute atomic E-state index is 12.9. The molecular formula is C27H34F3N3O3S. The molecule has 10 heteroatoms. The van der Waals surface area contributed by atoms with Gasteiger partial charge in [-0.05, 0) is 68.7 Å². The zero-order chi connectivity index (χ0) is 26.8. The summed E-state index contributed by atoms with van der Waals surface area (Å²) in [5.74, 6) is -0.242. The number of nitrogens with one attached hydrogen (secondary N) is 1. The highest BCUT2D eigenvalue weighted by Gasteiger charge is 2.40. The number of carbonyl (C=O) groups excluding carboxylic acids is 2. The van der Waals surface area contributed by atoms with E-state index in [0.717, 1.165) is 49.5 Å². The number of alkyl halides is 3. The number of nitrogens with zero attached hydrogens (tertiary/aromatic N) is 2. The fourth-order valence-electron chi connectivity index (χ4n) is 5.30. The number of amides is 1. The summed E-state index contributed by atoms with van der Waals surface area (Å²) >= 11 is 1.60. The molecule has 2 heterocycles. The van der Waals surface area contributed by atoms with Gasteiger partial charge in [0.05, 0.1) is 12.1 Å². The van der Waals surface area contributed by atoms with Crippen LogP contribution in [0.15, 0.2) is 30.5 Å². The summed E-state index contributed by atoms with van der Waals surface area (Å²) in [6.45, 7) is 5.74. The largest absolute Gasteiger partial charge is 0.416 e. The first kappa shape index (κ1) is 27.7. The van der Waals surface area contributed by atoms with Crippen molar-refractivity contribution < 1.29 is 27.9 Å². The number of rotatable bonds is 8. The molecule has 1 aliphatic heterocycles. The Bertz CT molecular complexity index is 1110. The standard InChI is InChI=1S/C27H34F3N3O3S/c1-17(2)23-15-32-25(37-23)26(36)9-6-21(7-10-26)33-11-8-18(16-33)12-22(34)14-31-24(35)19-4-3-5-20(13-19)27(28,29)30/h3-5,13,15,17-18,21,36H,6-12,14,16H2,1-2H3,(H,31,35)/t18-,21?,26?/m0/s1. The smallest absolute Gasteiger partial charge is 0.383 e. The highest BCUT2D eigenvalue weighted by molar-refractivity contribution is 7.11. The fraction of sp³-hybridized carbons (Fsp3) is 0.593. The van der Waals surface area contributed by atoms with E-state index in [-0.39, 0.29) is 23.8 Å². The molecule has 1 saturated heterocycles. The van der Waals surface area contributed by atoms with Gasteiger partial charge in [0.25, 0.3) is 5.91 Å². The zero-order valence-corrected chi connectivity index (χ0v) is 22.0. The Morgan fingerprint density at radius 2 is 1.97 bits per heavy atom. The molecule has 0 unspecified atom stereocenters. The van der Waals surface area contributed by atoms with Crippen molar-refractivity contribution in [3.63, 3.8) is 0 Å². The van der Waals surface area contributed by atoms with Gasteiger partial charge in [-0.1, -0.05) is 19.9 Å². The minimum Gasteiger partial charge on any atom is -0.383 e. The third kappa shape index (κ3) is 6.78. The van der Waals surface area contributed by atoms with Gasteiger partial charge in [0.1, 0.15) is 10.6 Å². The Balaban J connectivity index is 1.21. The van der Waals surface area contributed by atoms with Gasteiger partial charge in [0.2, 0.25) is 0 Å². The predicted molar refractivity (Wildman–Crippen MR) is 135 cm³/mol. The molecule has 2 aliphatic rings. The molecule has 4 rings (SSSR count). The second-order valence-corrected chi connectivity index (χ2v) is 11.7. The number of halogens is 3. The third-order valence-electron chi connectivity index (χ3n) is 7.52. The van der Waals surface area contributed by atoms with Gasteiger partial charge < -0.3 is 15.3 Å². The summed E-state index contributed by atoms with van der Waals surface area (Å²) in [6, 6.07) is 4.54. The first-order valence-corrected chi connectivity index (χ1v) is 13.7. The van der Waals surface area contributed by atoms with E-state index >= 15 is 0 Å². The van der Waals surface area contributed by atoms with E-state index in [0.29, 0.717) is 31.2 Å². The number of hydrogen-bond donors (Lipinski definition) is 2. The van der Waals surface area contributed by atoms with Gasteiger partial charge in [0, 0.05) is 35.6 Å². The summed E-state index contributed by atoms with van der Waals surface area (Å²) in [5, 5.41) is 14.5. The molecule has 6 nitrogen and oxygen atoms in total. The molecule has 0 bridgehead atoms. The minimum absolute atomic E-state index is 0.120. The highest BCUT2D eigenvalue weighted by Crippen LogP contribution is 2.42. The van der Waals surface area contributed by atoms with Crippen LogP contribution in [0.25, 0.3) is 0 Å². The Morgan fingerprint density at radius 1 is 1.24 bits per heavy atom. The molecule has 1 aliphatic carbocycles. The van der Waals surface area contributed by atoms with E-state index in [1.54, 1.807) is 11.3 Å². The van der Waals surface area contributed by atoms with Crippen molar-refractivity contribution in [3.8, 4) is 0 Å². The molecular weight excluding hydrogens is 503 g/mol. The topological polar surface area (TPSA) is 82.5 Å². The molecule has 37 heavy (non-hydrogen) atoms. The van der Waals surface area contributed by atoms with Crippen molar-refractivity contribution in [2.24, 2.45) is 5.92 Å². The molecule has 0 radical (unpaired) electrons. The summed E-state index contributed by atoms with van der Waals surface area (Å²) in [4.78, 5) is 32.8. The van der Waals surface area contributed by atoms with Crippen molar-refractivity contribution in [3.05, 3.63) is 51.5 Å². The molecule has 2 N–H and O–H groups in total.